The molecule has 0 saturated heterocycles. The van der Waals surface area contributed by atoms with Gasteiger partial charge in [-0.15, -0.1) is 0 Å². The van der Waals surface area contributed by atoms with Crippen LogP contribution in [0.2, 0.25) is 5.02 Å². The molecule has 90 valence electrons. The Kier molecular flexibility index (Phi) is 6.27. The summed E-state index contributed by atoms with van der Waals surface area (Å²) in [5.74, 6) is 1.33. The van der Waals surface area contributed by atoms with Gasteiger partial charge >= 0.3 is 0 Å². The van der Waals surface area contributed by atoms with E-state index in [1.165, 1.54) is 0 Å². The Morgan fingerprint density at radius 3 is 2.69 bits per heavy atom. The number of hydrogen-bond acceptors (Lipinski definition) is 2. The summed E-state index contributed by atoms with van der Waals surface area (Å²) < 4.78 is 11.0. The number of hydrogen-bond donors (Lipinski definition) is 0. The minimum atomic E-state index is 0.542. The van der Waals surface area contributed by atoms with E-state index in [1.807, 2.05) is 24.3 Å². The lowest BCUT2D eigenvalue weighted by Gasteiger charge is -2.10. The first kappa shape index (κ1) is 13.3. The van der Waals surface area contributed by atoms with Crippen LogP contribution in [0.15, 0.2) is 24.3 Å². The summed E-state index contributed by atoms with van der Waals surface area (Å²) in [6.07, 6.45) is 1.14. The van der Waals surface area contributed by atoms with Gasteiger partial charge in [0.1, 0.15) is 12.4 Å². The van der Waals surface area contributed by atoms with E-state index in [9.17, 15) is 0 Å². The fourth-order valence-electron chi connectivity index (χ4n) is 1.17. The van der Waals surface area contributed by atoms with E-state index in [1.54, 1.807) is 0 Å². The Hall–Kier alpha value is -0.730. The lowest BCUT2D eigenvalue weighted by Crippen LogP contribution is -2.11. The molecule has 0 aromatic heterocycles. The van der Waals surface area contributed by atoms with Crippen LogP contribution in [0.4, 0.5) is 0 Å². The zero-order valence-corrected chi connectivity index (χ0v) is 10.7. The first-order chi connectivity index (χ1) is 7.74. The molecule has 1 unspecified atom stereocenters. The van der Waals surface area contributed by atoms with E-state index in [0.717, 1.165) is 18.8 Å². The van der Waals surface area contributed by atoms with Crippen molar-refractivity contribution in [2.75, 3.05) is 19.8 Å². The highest BCUT2D eigenvalue weighted by molar-refractivity contribution is 6.32. The lowest BCUT2D eigenvalue weighted by atomic mass is 10.1. The van der Waals surface area contributed by atoms with Crippen molar-refractivity contribution in [1.29, 1.82) is 0 Å². The molecule has 16 heavy (non-hydrogen) atoms. The Labute approximate surface area is 103 Å². The van der Waals surface area contributed by atoms with Gasteiger partial charge in [0.15, 0.2) is 0 Å². The van der Waals surface area contributed by atoms with Gasteiger partial charge in [-0.05, 0) is 18.1 Å². The Balaban J connectivity index is 2.14. The van der Waals surface area contributed by atoms with E-state index in [4.69, 9.17) is 21.1 Å². The summed E-state index contributed by atoms with van der Waals surface area (Å²) in [7, 11) is 0. The van der Waals surface area contributed by atoms with Gasteiger partial charge in [0.2, 0.25) is 0 Å². The maximum absolute atomic E-state index is 5.94. The lowest BCUT2D eigenvalue weighted by molar-refractivity contribution is 0.0772. The SMILES string of the molecule is CCC(C)COCCOc1ccccc1Cl. The van der Waals surface area contributed by atoms with Crippen molar-refractivity contribution in [1.82, 2.24) is 0 Å². The topological polar surface area (TPSA) is 18.5 Å². The highest BCUT2D eigenvalue weighted by Gasteiger charge is 2.00. The van der Waals surface area contributed by atoms with Crippen LogP contribution in [0.1, 0.15) is 20.3 Å². The van der Waals surface area contributed by atoms with Crippen molar-refractivity contribution in [2.24, 2.45) is 5.92 Å². The van der Waals surface area contributed by atoms with Gasteiger partial charge in [-0.3, -0.25) is 0 Å². The van der Waals surface area contributed by atoms with E-state index in [2.05, 4.69) is 13.8 Å². The first-order valence-corrected chi connectivity index (χ1v) is 6.07. The molecule has 1 atom stereocenters. The van der Waals surface area contributed by atoms with Crippen LogP contribution in [0, 0.1) is 5.92 Å². The average Bonchev–Trinajstić information content (AvgIpc) is 2.30. The Morgan fingerprint density at radius 1 is 1.25 bits per heavy atom. The number of rotatable bonds is 7. The smallest absolute Gasteiger partial charge is 0.138 e. The third-order valence-electron chi connectivity index (χ3n) is 2.42. The number of benzene rings is 1. The highest BCUT2D eigenvalue weighted by atomic mass is 35.5. The highest BCUT2D eigenvalue weighted by Crippen LogP contribution is 2.22. The standard InChI is InChI=1S/C13H19ClO2/c1-3-11(2)10-15-8-9-16-13-7-5-4-6-12(13)14/h4-7,11H,3,8-10H2,1-2H3. The summed E-state index contributed by atoms with van der Waals surface area (Å²) in [6, 6.07) is 7.46. The second kappa shape index (κ2) is 7.53. The molecule has 1 rings (SSSR count). The number of ether oxygens (including phenoxy) is 2. The fraction of sp³-hybridized carbons (Fsp3) is 0.538. The predicted molar refractivity (Wildman–Crippen MR) is 67.2 cm³/mol. The molecule has 1 aromatic carbocycles. The Bertz CT molecular complexity index is 302. The third-order valence-corrected chi connectivity index (χ3v) is 2.73. The van der Waals surface area contributed by atoms with Crippen molar-refractivity contribution >= 4 is 11.6 Å². The molecule has 0 spiro atoms. The van der Waals surface area contributed by atoms with E-state index >= 15 is 0 Å². The first-order valence-electron chi connectivity index (χ1n) is 5.69. The van der Waals surface area contributed by atoms with Crippen LogP contribution < -0.4 is 4.74 Å². The molecule has 0 fully saturated rings. The Morgan fingerprint density at radius 2 is 2.00 bits per heavy atom. The van der Waals surface area contributed by atoms with Crippen molar-refractivity contribution in [3.63, 3.8) is 0 Å². The predicted octanol–water partition coefficient (Wildman–Crippen LogP) is 3.78. The molecule has 0 aliphatic rings. The van der Waals surface area contributed by atoms with Gasteiger partial charge in [0.25, 0.3) is 0 Å². The molecular weight excluding hydrogens is 224 g/mol. The molecule has 0 aliphatic carbocycles. The van der Waals surface area contributed by atoms with Crippen LogP contribution in [0.5, 0.6) is 5.75 Å². The minimum absolute atomic E-state index is 0.542. The largest absolute Gasteiger partial charge is 0.490 e. The molecule has 2 nitrogen and oxygen atoms in total. The van der Waals surface area contributed by atoms with Crippen molar-refractivity contribution in [2.45, 2.75) is 20.3 Å². The zero-order valence-electron chi connectivity index (χ0n) is 9.91. The molecular formula is C13H19ClO2. The molecule has 0 aliphatic heterocycles. The van der Waals surface area contributed by atoms with Crippen LogP contribution in [-0.2, 0) is 4.74 Å². The van der Waals surface area contributed by atoms with Gasteiger partial charge in [-0.25, -0.2) is 0 Å². The molecule has 0 amide bonds. The van der Waals surface area contributed by atoms with Gasteiger partial charge < -0.3 is 9.47 Å². The quantitative estimate of drug-likeness (QED) is 0.678. The second-order valence-electron chi connectivity index (χ2n) is 3.87. The van der Waals surface area contributed by atoms with Crippen molar-refractivity contribution < 1.29 is 9.47 Å². The number of halogens is 1. The van der Waals surface area contributed by atoms with Crippen LogP contribution in [0.3, 0.4) is 0 Å². The van der Waals surface area contributed by atoms with Crippen LogP contribution in [0.25, 0.3) is 0 Å². The molecule has 1 aromatic rings. The van der Waals surface area contributed by atoms with E-state index in [0.29, 0.717) is 24.2 Å². The molecule has 0 bridgehead atoms. The summed E-state index contributed by atoms with van der Waals surface area (Å²) in [4.78, 5) is 0. The van der Waals surface area contributed by atoms with Gasteiger partial charge in [0.05, 0.1) is 11.6 Å². The van der Waals surface area contributed by atoms with E-state index in [-0.39, 0.29) is 0 Å². The van der Waals surface area contributed by atoms with E-state index < -0.39 is 0 Å². The van der Waals surface area contributed by atoms with Gasteiger partial charge in [-0.2, -0.15) is 0 Å². The van der Waals surface area contributed by atoms with Crippen LogP contribution >= 0.6 is 11.6 Å². The summed E-state index contributed by atoms with van der Waals surface area (Å²) in [5, 5.41) is 0.643. The zero-order chi connectivity index (χ0) is 11.8. The second-order valence-corrected chi connectivity index (χ2v) is 4.27. The molecule has 0 radical (unpaired) electrons. The van der Waals surface area contributed by atoms with Crippen molar-refractivity contribution in [3.8, 4) is 5.75 Å². The van der Waals surface area contributed by atoms with Crippen LogP contribution in [-0.4, -0.2) is 19.8 Å². The summed E-state index contributed by atoms with van der Waals surface area (Å²) in [5.41, 5.74) is 0. The molecule has 0 N–H and O–H groups in total. The fourth-order valence-corrected chi connectivity index (χ4v) is 1.36. The number of para-hydroxylation sites is 1. The maximum atomic E-state index is 5.94. The molecule has 0 saturated carbocycles. The summed E-state index contributed by atoms with van der Waals surface area (Å²) in [6.45, 7) is 6.28. The minimum Gasteiger partial charge on any atom is -0.490 e. The normalized spacial score (nSPS) is 12.4. The summed E-state index contributed by atoms with van der Waals surface area (Å²) >= 11 is 5.94. The molecule has 0 heterocycles. The monoisotopic (exact) mass is 242 g/mol. The third kappa shape index (κ3) is 4.86. The van der Waals surface area contributed by atoms with Gasteiger partial charge in [0, 0.05) is 6.61 Å². The maximum Gasteiger partial charge on any atom is 0.138 e. The average molecular weight is 243 g/mol. The van der Waals surface area contributed by atoms with Gasteiger partial charge in [-0.1, -0.05) is 44.0 Å². The molecule has 3 heteroatoms. The van der Waals surface area contributed by atoms with Crippen molar-refractivity contribution in [3.05, 3.63) is 29.3 Å².